The van der Waals surface area contributed by atoms with Gasteiger partial charge < -0.3 is 10.1 Å². The quantitative estimate of drug-likeness (QED) is 0.581. The van der Waals surface area contributed by atoms with Gasteiger partial charge in [0.05, 0.1) is 0 Å². The zero-order valence-corrected chi connectivity index (χ0v) is 8.12. The minimum absolute atomic E-state index is 0.162. The van der Waals surface area contributed by atoms with Crippen LogP contribution in [-0.2, 0) is 4.79 Å². The predicted octanol–water partition coefficient (Wildman–Crippen LogP) is 1.72. The first-order valence-corrected chi connectivity index (χ1v) is 4.31. The molecule has 0 spiro atoms. The Kier molecular flexibility index (Phi) is 3.73. The fraction of sp³-hybridized carbons (Fsp3) is 0.182. The minimum Gasteiger partial charge on any atom is -0.473 e. The second-order valence-corrected chi connectivity index (χ2v) is 2.89. The van der Waals surface area contributed by atoms with Crippen molar-refractivity contribution < 1.29 is 9.53 Å². The van der Waals surface area contributed by atoms with E-state index in [-0.39, 0.29) is 12.6 Å². The molecule has 0 bridgehead atoms. The maximum atomic E-state index is 11.0. The van der Waals surface area contributed by atoms with Gasteiger partial charge in [-0.2, -0.15) is 0 Å². The third-order valence-corrected chi connectivity index (χ3v) is 1.60. The average molecular weight is 191 g/mol. The highest BCUT2D eigenvalue weighted by Crippen LogP contribution is 2.06. The molecule has 0 saturated carbocycles. The summed E-state index contributed by atoms with van der Waals surface area (Å²) in [5.74, 6) is 0.537. The van der Waals surface area contributed by atoms with Gasteiger partial charge in [0.25, 0.3) is 0 Å². The fourth-order valence-electron chi connectivity index (χ4n) is 0.853. The van der Waals surface area contributed by atoms with Gasteiger partial charge in [0.1, 0.15) is 5.75 Å². The third-order valence-electron chi connectivity index (χ3n) is 1.60. The molecule has 1 N–H and O–H groups in total. The van der Waals surface area contributed by atoms with Gasteiger partial charge in [-0.25, -0.2) is 0 Å². The molecule has 1 amide bonds. The molecule has 0 heterocycles. The second kappa shape index (κ2) is 5.07. The van der Waals surface area contributed by atoms with E-state index in [0.717, 1.165) is 5.75 Å². The average Bonchev–Trinajstić information content (AvgIpc) is 2.19. The minimum atomic E-state index is -0.194. The molecule has 0 radical (unpaired) electrons. The number of nitrogens with one attached hydrogen (secondary N) is 1. The van der Waals surface area contributed by atoms with Crippen LogP contribution in [0.5, 0.6) is 5.75 Å². The lowest BCUT2D eigenvalue weighted by Gasteiger charge is -2.06. The van der Waals surface area contributed by atoms with E-state index in [2.05, 4.69) is 11.9 Å². The lowest BCUT2D eigenvalue weighted by molar-refractivity contribution is -0.118. The number of hydrogen-bond donors (Lipinski definition) is 1. The molecule has 3 nitrogen and oxygen atoms in total. The molecule has 0 saturated heterocycles. The third kappa shape index (κ3) is 3.31. The number of benzene rings is 1. The molecule has 1 rings (SSSR count). The van der Waals surface area contributed by atoms with Crippen molar-refractivity contribution in [1.82, 2.24) is 5.32 Å². The summed E-state index contributed by atoms with van der Waals surface area (Å²) in [6, 6.07) is 9.30. The number of hydrogen-bond acceptors (Lipinski definition) is 2. The molecule has 0 unspecified atom stereocenters. The summed E-state index contributed by atoms with van der Waals surface area (Å²) in [4.78, 5) is 11.0. The van der Waals surface area contributed by atoms with E-state index in [1.54, 1.807) is 6.92 Å². The molecule has 14 heavy (non-hydrogen) atoms. The molecule has 0 fully saturated rings. The van der Waals surface area contributed by atoms with Gasteiger partial charge in [0.2, 0.25) is 5.91 Å². The van der Waals surface area contributed by atoms with Crippen LogP contribution in [0.2, 0.25) is 0 Å². The Hall–Kier alpha value is -1.77. The van der Waals surface area contributed by atoms with Crippen LogP contribution in [0.3, 0.4) is 0 Å². The van der Waals surface area contributed by atoms with Crippen LogP contribution >= 0.6 is 0 Å². The fourth-order valence-corrected chi connectivity index (χ4v) is 0.853. The Labute approximate surface area is 83.4 Å². The first-order chi connectivity index (χ1) is 6.70. The molecule has 3 heteroatoms. The number of carbonyl (C=O) groups excluding carboxylic acids is 1. The molecular formula is C11H13NO2. The Morgan fingerprint density at radius 3 is 2.64 bits per heavy atom. The van der Waals surface area contributed by atoms with Crippen LogP contribution in [0.4, 0.5) is 0 Å². The highest BCUT2D eigenvalue weighted by atomic mass is 16.5. The normalized spacial score (nSPS) is 9.21. The van der Waals surface area contributed by atoms with Gasteiger partial charge in [-0.05, 0) is 19.1 Å². The summed E-state index contributed by atoms with van der Waals surface area (Å²) in [6.07, 6.45) is 0. The number of ether oxygens (including phenoxy) is 1. The van der Waals surface area contributed by atoms with E-state index in [9.17, 15) is 4.79 Å². The molecule has 0 aliphatic carbocycles. The SMILES string of the molecule is C=C(C)C(=O)NCOc1ccccc1. The van der Waals surface area contributed by atoms with Crippen molar-refractivity contribution in [2.45, 2.75) is 6.92 Å². The van der Waals surface area contributed by atoms with Gasteiger partial charge in [0, 0.05) is 5.57 Å². The number of rotatable bonds is 4. The molecular weight excluding hydrogens is 178 g/mol. The summed E-state index contributed by atoms with van der Waals surface area (Å²) >= 11 is 0. The zero-order valence-electron chi connectivity index (χ0n) is 8.12. The van der Waals surface area contributed by atoms with E-state index in [4.69, 9.17) is 4.74 Å². The highest BCUT2D eigenvalue weighted by Gasteiger charge is 1.99. The van der Waals surface area contributed by atoms with E-state index in [1.165, 1.54) is 0 Å². The lowest BCUT2D eigenvalue weighted by Crippen LogP contribution is -2.27. The molecule has 0 aliphatic heterocycles. The van der Waals surface area contributed by atoms with Crippen LogP contribution < -0.4 is 10.1 Å². The van der Waals surface area contributed by atoms with E-state index < -0.39 is 0 Å². The smallest absolute Gasteiger partial charge is 0.248 e. The van der Waals surface area contributed by atoms with Gasteiger partial charge in [-0.3, -0.25) is 4.79 Å². The molecule has 0 atom stereocenters. The molecule has 74 valence electrons. The summed E-state index contributed by atoms with van der Waals surface area (Å²) in [7, 11) is 0. The lowest BCUT2D eigenvalue weighted by atomic mass is 10.3. The van der Waals surface area contributed by atoms with Crippen LogP contribution in [0.25, 0.3) is 0 Å². The highest BCUT2D eigenvalue weighted by molar-refractivity contribution is 5.91. The predicted molar refractivity (Wildman–Crippen MR) is 54.9 cm³/mol. The van der Waals surface area contributed by atoms with Gasteiger partial charge in [-0.1, -0.05) is 24.8 Å². The van der Waals surface area contributed by atoms with Crippen LogP contribution in [-0.4, -0.2) is 12.6 Å². The van der Waals surface area contributed by atoms with Crippen LogP contribution in [0.1, 0.15) is 6.92 Å². The summed E-state index contributed by atoms with van der Waals surface area (Å²) < 4.78 is 5.25. The van der Waals surface area contributed by atoms with Crippen molar-refractivity contribution in [2.24, 2.45) is 0 Å². The van der Waals surface area contributed by atoms with E-state index in [0.29, 0.717) is 5.57 Å². The van der Waals surface area contributed by atoms with Crippen molar-refractivity contribution >= 4 is 5.91 Å². The number of para-hydroxylation sites is 1. The summed E-state index contributed by atoms with van der Waals surface area (Å²) in [5.41, 5.74) is 0.474. The standard InChI is InChI=1S/C11H13NO2/c1-9(2)11(13)12-8-14-10-6-4-3-5-7-10/h3-7H,1,8H2,2H3,(H,12,13). The van der Waals surface area contributed by atoms with Crippen LogP contribution in [0.15, 0.2) is 42.5 Å². The number of carbonyl (C=O) groups is 1. The zero-order chi connectivity index (χ0) is 10.4. The Balaban J connectivity index is 2.29. The topological polar surface area (TPSA) is 38.3 Å². The summed E-state index contributed by atoms with van der Waals surface area (Å²) in [5, 5.41) is 2.57. The first-order valence-electron chi connectivity index (χ1n) is 4.31. The monoisotopic (exact) mass is 191 g/mol. The van der Waals surface area contributed by atoms with E-state index >= 15 is 0 Å². The van der Waals surface area contributed by atoms with Crippen LogP contribution in [0, 0.1) is 0 Å². The molecule has 1 aromatic rings. The Morgan fingerprint density at radius 1 is 1.43 bits per heavy atom. The van der Waals surface area contributed by atoms with Gasteiger partial charge >= 0.3 is 0 Å². The maximum absolute atomic E-state index is 11.0. The van der Waals surface area contributed by atoms with Gasteiger partial charge in [0.15, 0.2) is 6.73 Å². The Bertz CT molecular complexity index is 319. The second-order valence-electron chi connectivity index (χ2n) is 2.89. The van der Waals surface area contributed by atoms with Crippen molar-refractivity contribution in [1.29, 1.82) is 0 Å². The summed E-state index contributed by atoms with van der Waals surface area (Å²) in [6.45, 7) is 5.33. The largest absolute Gasteiger partial charge is 0.473 e. The van der Waals surface area contributed by atoms with Crippen molar-refractivity contribution in [3.63, 3.8) is 0 Å². The van der Waals surface area contributed by atoms with Crippen molar-refractivity contribution in [3.05, 3.63) is 42.5 Å². The van der Waals surface area contributed by atoms with E-state index in [1.807, 2.05) is 30.3 Å². The molecule has 0 aliphatic rings. The van der Waals surface area contributed by atoms with Crippen molar-refractivity contribution in [3.8, 4) is 5.75 Å². The maximum Gasteiger partial charge on any atom is 0.248 e. The van der Waals surface area contributed by atoms with Crippen molar-refractivity contribution in [2.75, 3.05) is 6.73 Å². The molecule has 1 aromatic carbocycles. The Morgan fingerprint density at radius 2 is 2.07 bits per heavy atom. The molecule has 0 aromatic heterocycles. The number of amides is 1. The first kappa shape index (κ1) is 10.3. The van der Waals surface area contributed by atoms with Gasteiger partial charge in [-0.15, -0.1) is 0 Å².